The molecule has 0 saturated carbocycles. The standard InChI is InChI=1S/C10H10FN3O2/c1-3-7-8(9(15)16)14-4-6(11)5(2)12-10(14)13-7/h4H,3H2,1-2H3,(H,15,16). The third-order valence-electron chi connectivity index (χ3n) is 2.36. The fraction of sp³-hybridized carbons (Fsp3) is 0.300. The fourth-order valence-electron chi connectivity index (χ4n) is 1.55. The minimum absolute atomic E-state index is 0.0242. The Kier molecular flexibility index (Phi) is 2.34. The largest absolute Gasteiger partial charge is 0.477 e. The van der Waals surface area contributed by atoms with Crippen LogP contribution in [0.3, 0.4) is 0 Å². The number of fused-ring (bicyclic) bond motifs is 1. The van der Waals surface area contributed by atoms with Crippen molar-refractivity contribution in [1.29, 1.82) is 0 Å². The number of hydrogen-bond donors (Lipinski definition) is 1. The fourth-order valence-corrected chi connectivity index (χ4v) is 1.55. The molecule has 0 fully saturated rings. The Morgan fingerprint density at radius 3 is 2.81 bits per heavy atom. The van der Waals surface area contributed by atoms with Crippen molar-refractivity contribution in [3.05, 3.63) is 29.1 Å². The van der Waals surface area contributed by atoms with Crippen molar-refractivity contribution < 1.29 is 14.3 Å². The lowest BCUT2D eigenvalue weighted by atomic mass is 10.2. The second-order valence-electron chi connectivity index (χ2n) is 3.41. The van der Waals surface area contributed by atoms with Crippen molar-refractivity contribution in [3.8, 4) is 0 Å². The van der Waals surface area contributed by atoms with Crippen LogP contribution in [0.25, 0.3) is 5.78 Å². The summed E-state index contributed by atoms with van der Waals surface area (Å²) in [5.41, 5.74) is 0.589. The summed E-state index contributed by atoms with van der Waals surface area (Å²) in [6, 6.07) is 0. The van der Waals surface area contributed by atoms with Gasteiger partial charge in [-0.05, 0) is 13.3 Å². The summed E-state index contributed by atoms with van der Waals surface area (Å²) in [4.78, 5) is 19.0. The third kappa shape index (κ3) is 1.42. The van der Waals surface area contributed by atoms with Gasteiger partial charge in [0.05, 0.1) is 17.6 Å². The van der Waals surface area contributed by atoms with Crippen LogP contribution in [0.4, 0.5) is 4.39 Å². The van der Waals surface area contributed by atoms with Gasteiger partial charge in [0.15, 0.2) is 11.5 Å². The van der Waals surface area contributed by atoms with Crippen LogP contribution in [0.1, 0.15) is 28.8 Å². The Bertz CT molecular complexity index is 577. The van der Waals surface area contributed by atoms with E-state index in [0.29, 0.717) is 12.1 Å². The Hall–Kier alpha value is -1.98. The highest BCUT2D eigenvalue weighted by atomic mass is 19.1. The monoisotopic (exact) mass is 223 g/mol. The first-order valence-corrected chi connectivity index (χ1v) is 4.82. The summed E-state index contributed by atoms with van der Waals surface area (Å²) in [5, 5.41) is 9.03. The molecule has 2 rings (SSSR count). The van der Waals surface area contributed by atoms with Crippen molar-refractivity contribution >= 4 is 11.7 Å². The maximum atomic E-state index is 13.3. The molecule has 0 radical (unpaired) electrons. The molecule has 0 unspecified atom stereocenters. The number of carboxylic acids is 1. The lowest BCUT2D eigenvalue weighted by Crippen LogP contribution is -2.06. The molecule has 2 aromatic rings. The van der Waals surface area contributed by atoms with Gasteiger partial charge in [-0.2, -0.15) is 0 Å². The van der Waals surface area contributed by atoms with E-state index in [1.807, 2.05) is 0 Å². The number of nitrogens with zero attached hydrogens (tertiary/aromatic N) is 3. The van der Waals surface area contributed by atoms with Gasteiger partial charge in [0.25, 0.3) is 0 Å². The van der Waals surface area contributed by atoms with Crippen LogP contribution in [0.15, 0.2) is 6.20 Å². The number of aromatic carboxylic acids is 1. The lowest BCUT2D eigenvalue weighted by Gasteiger charge is -1.99. The molecule has 0 aliphatic rings. The maximum absolute atomic E-state index is 13.3. The van der Waals surface area contributed by atoms with Gasteiger partial charge in [0, 0.05) is 0 Å². The first-order valence-electron chi connectivity index (χ1n) is 4.82. The molecule has 0 saturated heterocycles. The molecular formula is C10H10FN3O2. The highest BCUT2D eigenvalue weighted by Crippen LogP contribution is 2.14. The topological polar surface area (TPSA) is 67.5 Å². The second kappa shape index (κ2) is 3.55. The van der Waals surface area contributed by atoms with Crippen molar-refractivity contribution in [3.63, 3.8) is 0 Å². The van der Waals surface area contributed by atoms with E-state index in [4.69, 9.17) is 5.11 Å². The first-order chi connectivity index (χ1) is 7.54. The van der Waals surface area contributed by atoms with Gasteiger partial charge in [-0.3, -0.25) is 4.40 Å². The molecule has 0 aliphatic heterocycles. The summed E-state index contributed by atoms with van der Waals surface area (Å²) in [6.45, 7) is 3.30. The smallest absolute Gasteiger partial charge is 0.354 e. The average molecular weight is 223 g/mol. The summed E-state index contributed by atoms with van der Waals surface area (Å²) < 4.78 is 14.5. The zero-order chi connectivity index (χ0) is 11.9. The number of aromatic nitrogens is 3. The maximum Gasteiger partial charge on any atom is 0.354 e. The molecule has 0 atom stereocenters. The Morgan fingerprint density at radius 2 is 2.25 bits per heavy atom. The van der Waals surface area contributed by atoms with E-state index in [1.54, 1.807) is 6.92 Å². The molecule has 5 nitrogen and oxygen atoms in total. The molecule has 1 N–H and O–H groups in total. The quantitative estimate of drug-likeness (QED) is 0.836. The van der Waals surface area contributed by atoms with Crippen LogP contribution in [0, 0.1) is 12.7 Å². The average Bonchev–Trinajstić information content (AvgIpc) is 2.56. The summed E-state index contributed by atoms with van der Waals surface area (Å²) in [6.07, 6.45) is 1.57. The van der Waals surface area contributed by atoms with Crippen molar-refractivity contribution in [2.45, 2.75) is 20.3 Å². The minimum Gasteiger partial charge on any atom is -0.477 e. The lowest BCUT2D eigenvalue weighted by molar-refractivity contribution is 0.0688. The molecule has 84 valence electrons. The molecule has 0 spiro atoms. The molecule has 0 aliphatic carbocycles. The molecule has 6 heteroatoms. The number of carbonyl (C=O) groups is 1. The van der Waals surface area contributed by atoms with Gasteiger partial charge in [-0.25, -0.2) is 19.2 Å². The Morgan fingerprint density at radius 1 is 1.56 bits per heavy atom. The van der Waals surface area contributed by atoms with Gasteiger partial charge < -0.3 is 5.11 Å². The van der Waals surface area contributed by atoms with Crippen LogP contribution in [-0.2, 0) is 6.42 Å². The molecule has 16 heavy (non-hydrogen) atoms. The van der Waals surface area contributed by atoms with Crippen molar-refractivity contribution in [2.75, 3.05) is 0 Å². The van der Waals surface area contributed by atoms with Gasteiger partial charge >= 0.3 is 5.97 Å². The van der Waals surface area contributed by atoms with Gasteiger partial charge in [0.1, 0.15) is 0 Å². The summed E-state index contributed by atoms with van der Waals surface area (Å²) >= 11 is 0. The van der Waals surface area contributed by atoms with Gasteiger partial charge in [0.2, 0.25) is 5.78 Å². The normalized spacial score (nSPS) is 10.9. The Balaban J connectivity index is 2.84. The van der Waals surface area contributed by atoms with Crippen LogP contribution < -0.4 is 0 Å². The molecule has 0 bridgehead atoms. The zero-order valence-corrected chi connectivity index (χ0v) is 8.86. The molecule has 0 aromatic carbocycles. The number of carboxylic acid groups (broad SMARTS) is 1. The Labute approximate surface area is 90.6 Å². The summed E-state index contributed by atoms with van der Waals surface area (Å²) in [7, 11) is 0. The van der Waals surface area contributed by atoms with Crippen molar-refractivity contribution in [2.24, 2.45) is 0 Å². The predicted molar refractivity (Wildman–Crippen MR) is 54.0 cm³/mol. The second-order valence-corrected chi connectivity index (χ2v) is 3.41. The van der Waals surface area contributed by atoms with E-state index in [0.717, 1.165) is 6.20 Å². The van der Waals surface area contributed by atoms with Crippen LogP contribution in [-0.4, -0.2) is 25.4 Å². The molecular weight excluding hydrogens is 213 g/mol. The first kappa shape index (κ1) is 10.5. The number of aryl methyl sites for hydroxylation is 2. The van der Waals surface area contributed by atoms with E-state index in [2.05, 4.69) is 9.97 Å². The van der Waals surface area contributed by atoms with Crippen molar-refractivity contribution in [1.82, 2.24) is 14.4 Å². The van der Waals surface area contributed by atoms with E-state index < -0.39 is 11.8 Å². The number of imidazole rings is 1. The SMILES string of the molecule is CCc1nc2nc(C)c(F)cn2c1C(=O)O. The highest BCUT2D eigenvalue weighted by Gasteiger charge is 2.19. The van der Waals surface area contributed by atoms with E-state index in [-0.39, 0.29) is 17.2 Å². The van der Waals surface area contributed by atoms with Crippen LogP contribution >= 0.6 is 0 Å². The minimum atomic E-state index is -1.13. The number of hydrogen-bond acceptors (Lipinski definition) is 3. The van der Waals surface area contributed by atoms with Gasteiger partial charge in [-0.1, -0.05) is 6.92 Å². The van der Waals surface area contributed by atoms with E-state index >= 15 is 0 Å². The van der Waals surface area contributed by atoms with Crippen LogP contribution in [0.5, 0.6) is 0 Å². The van der Waals surface area contributed by atoms with Gasteiger partial charge in [-0.15, -0.1) is 0 Å². The molecule has 2 heterocycles. The number of halogens is 1. The highest BCUT2D eigenvalue weighted by molar-refractivity contribution is 5.88. The van der Waals surface area contributed by atoms with E-state index in [9.17, 15) is 9.18 Å². The molecule has 0 amide bonds. The third-order valence-corrected chi connectivity index (χ3v) is 2.36. The zero-order valence-electron chi connectivity index (χ0n) is 8.86. The molecule has 2 aromatic heterocycles. The predicted octanol–water partition coefficient (Wildman–Crippen LogP) is 1.44. The summed E-state index contributed by atoms with van der Waals surface area (Å²) in [5.74, 6) is -1.46. The number of rotatable bonds is 2. The van der Waals surface area contributed by atoms with E-state index in [1.165, 1.54) is 11.3 Å². The van der Waals surface area contributed by atoms with Crippen LogP contribution in [0.2, 0.25) is 0 Å².